The second-order valence-electron chi connectivity index (χ2n) is 8.97. The van der Waals surface area contributed by atoms with Gasteiger partial charge in [-0.1, -0.05) is 36.4 Å². The number of carbonyl (C=O) groups is 2. The number of nitrogens with one attached hydrogen (secondary N) is 3. The molecule has 33 heavy (non-hydrogen) atoms. The molecular formula is C25H29N5O2S. The lowest BCUT2D eigenvalue weighted by atomic mass is 10.0. The summed E-state index contributed by atoms with van der Waals surface area (Å²) in [7, 11) is 0. The quantitative estimate of drug-likeness (QED) is 0.591. The Labute approximate surface area is 199 Å². The summed E-state index contributed by atoms with van der Waals surface area (Å²) in [6.07, 6.45) is 2.82. The minimum absolute atomic E-state index is 0.0669. The highest BCUT2D eigenvalue weighted by molar-refractivity contribution is 7.80. The second-order valence-corrected chi connectivity index (χ2v) is 9.38. The highest BCUT2D eigenvalue weighted by Gasteiger charge is 2.43. The Balaban J connectivity index is 1.17. The van der Waals surface area contributed by atoms with Crippen molar-refractivity contribution in [3.8, 4) is 0 Å². The van der Waals surface area contributed by atoms with Crippen molar-refractivity contribution in [3.63, 3.8) is 0 Å². The number of amides is 2. The molecule has 2 saturated heterocycles. The third kappa shape index (κ3) is 4.72. The predicted octanol–water partition coefficient (Wildman–Crippen LogP) is 2.28. The number of carbonyl (C=O) groups excluding carboxylic acids is 2. The van der Waals surface area contributed by atoms with E-state index in [4.69, 9.17) is 12.2 Å². The van der Waals surface area contributed by atoms with Crippen molar-refractivity contribution in [3.05, 3.63) is 60.2 Å². The van der Waals surface area contributed by atoms with Crippen LogP contribution in [0.1, 0.15) is 24.8 Å². The van der Waals surface area contributed by atoms with Gasteiger partial charge < -0.3 is 20.9 Å². The van der Waals surface area contributed by atoms with Gasteiger partial charge in [-0.2, -0.15) is 0 Å². The van der Waals surface area contributed by atoms with Crippen LogP contribution in [0.3, 0.4) is 0 Å². The van der Waals surface area contributed by atoms with Crippen LogP contribution in [-0.4, -0.2) is 59.6 Å². The van der Waals surface area contributed by atoms with Gasteiger partial charge in [-0.05, 0) is 55.2 Å². The van der Waals surface area contributed by atoms with Gasteiger partial charge in [0.1, 0.15) is 0 Å². The molecule has 0 bridgehead atoms. The summed E-state index contributed by atoms with van der Waals surface area (Å²) in [5.74, 6) is 0.229. The molecule has 8 heteroatoms. The average Bonchev–Trinajstić information content (AvgIpc) is 3.44. The highest BCUT2D eigenvalue weighted by atomic mass is 32.1. The molecule has 5 rings (SSSR count). The predicted molar refractivity (Wildman–Crippen MR) is 133 cm³/mol. The molecular weight excluding hydrogens is 434 g/mol. The lowest BCUT2D eigenvalue weighted by Gasteiger charge is -2.37. The number of benzene rings is 2. The number of anilines is 2. The van der Waals surface area contributed by atoms with Crippen LogP contribution in [0.25, 0.3) is 0 Å². The number of piperazine rings is 1. The molecule has 2 aromatic rings. The van der Waals surface area contributed by atoms with Crippen LogP contribution >= 0.6 is 12.2 Å². The topological polar surface area (TPSA) is 76.7 Å². The average molecular weight is 464 g/mol. The Morgan fingerprint density at radius 1 is 1.12 bits per heavy atom. The molecule has 7 nitrogen and oxygen atoms in total. The molecule has 0 radical (unpaired) electrons. The van der Waals surface area contributed by atoms with Crippen molar-refractivity contribution in [1.82, 2.24) is 15.5 Å². The van der Waals surface area contributed by atoms with E-state index < -0.39 is 0 Å². The number of para-hydroxylation sites is 2. The van der Waals surface area contributed by atoms with Gasteiger partial charge in [0.05, 0.1) is 6.04 Å². The van der Waals surface area contributed by atoms with Gasteiger partial charge in [-0.15, -0.1) is 0 Å². The smallest absolute Gasteiger partial charge is 0.237 e. The fourth-order valence-electron chi connectivity index (χ4n) is 5.24. The van der Waals surface area contributed by atoms with E-state index in [0.29, 0.717) is 24.5 Å². The van der Waals surface area contributed by atoms with Gasteiger partial charge >= 0.3 is 0 Å². The summed E-state index contributed by atoms with van der Waals surface area (Å²) in [4.78, 5) is 29.7. The number of fused-ring (bicyclic) bond motifs is 2. The first-order valence-electron chi connectivity index (χ1n) is 11.6. The van der Waals surface area contributed by atoms with Crippen molar-refractivity contribution in [1.29, 1.82) is 0 Å². The molecule has 2 fully saturated rings. The minimum Gasteiger partial charge on any atom is -0.358 e. The van der Waals surface area contributed by atoms with Gasteiger partial charge in [-0.25, -0.2) is 0 Å². The zero-order chi connectivity index (χ0) is 22.8. The number of thiocarbonyl (C=S) groups is 1. The van der Waals surface area contributed by atoms with Crippen LogP contribution in [-0.2, 0) is 16.0 Å². The lowest BCUT2D eigenvalue weighted by Crippen LogP contribution is -2.58. The molecule has 3 aliphatic rings. The van der Waals surface area contributed by atoms with Crippen molar-refractivity contribution in [2.45, 2.75) is 43.8 Å². The standard InChI is InChI=1S/C25H29N5O2S/c31-23(29-13-12-17-6-4-5-9-21(17)29)11-10-20-15-26-24(32)22-14-19(16-30(20)22)28-25(33)27-18-7-2-1-3-8-18/h1-9,19-20,22H,10-16H2,(H,26,32)(H2,27,28,33)/t19-,20-,22+/m1/s1. The van der Waals surface area contributed by atoms with E-state index in [1.54, 1.807) is 0 Å². The van der Waals surface area contributed by atoms with Crippen LogP contribution < -0.4 is 20.9 Å². The van der Waals surface area contributed by atoms with Crippen LogP contribution in [0.4, 0.5) is 11.4 Å². The maximum atomic E-state index is 13.0. The highest BCUT2D eigenvalue weighted by Crippen LogP contribution is 2.30. The van der Waals surface area contributed by atoms with E-state index >= 15 is 0 Å². The number of nitrogens with zero attached hydrogens (tertiary/aromatic N) is 2. The number of hydrogen-bond acceptors (Lipinski definition) is 4. The molecule has 172 valence electrons. The van der Waals surface area contributed by atoms with Crippen LogP contribution in [0.5, 0.6) is 0 Å². The first-order valence-corrected chi connectivity index (χ1v) is 12.0. The Morgan fingerprint density at radius 3 is 2.76 bits per heavy atom. The maximum Gasteiger partial charge on any atom is 0.237 e. The Kier molecular flexibility index (Phi) is 6.28. The summed E-state index contributed by atoms with van der Waals surface area (Å²) in [5.41, 5.74) is 3.22. The van der Waals surface area contributed by atoms with E-state index in [0.717, 1.165) is 37.3 Å². The SMILES string of the molecule is O=C1NC[C@@H](CCC(=O)N2CCc3ccccc32)N2C[C@H](NC(=S)Nc3ccccc3)C[C@@H]12. The van der Waals surface area contributed by atoms with Crippen molar-refractivity contribution < 1.29 is 9.59 Å². The first kappa shape index (κ1) is 21.9. The summed E-state index contributed by atoms with van der Waals surface area (Å²) in [5, 5.41) is 10.2. The summed E-state index contributed by atoms with van der Waals surface area (Å²) < 4.78 is 0. The molecule has 0 saturated carbocycles. The van der Waals surface area contributed by atoms with E-state index in [2.05, 4.69) is 26.9 Å². The molecule has 0 aromatic heterocycles. The minimum atomic E-state index is -0.177. The lowest BCUT2D eigenvalue weighted by molar-refractivity contribution is -0.129. The molecule has 2 aromatic carbocycles. The van der Waals surface area contributed by atoms with Crippen LogP contribution in [0.15, 0.2) is 54.6 Å². The fourth-order valence-corrected chi connectivity index (χ4v) is 5.53. The molecule has 3 aliphatic heterocycles. The summed E-state index contributed by atoms with van der Waals surface area (Å²) in [6, 6.07) is 18.0. The Bertz CT molecular complexity index is 1050. The Hall–Kier alpha value is -2.97. The molecule has 0 unspecified atom stereocenters. The zero-order valence-electron chi connectivity index (χ0n) is 18.5. The molecule has 3 atom stereocenters. The van der Waals surface area contributed by atoms with Gasteiger partial charge in [0.15, 0.2) is 5.11 Å². The van der Waals surface area contributed by atoms with Gasteiger partial charge in [-0.3, -0.25) is 14.5 Å². The third-order valence-electron chi connectivity index (χ3n) is 6.87. The van der Waals surface area contributed by atoms with Gasteiger partial charge in [0, 0.05) is 49.5 Å². The van der Waals surface area contributed by atoms with E-state index in [-0.39, 0.29) is 29.9 Å². The fraction of sp³-hybridized carbons (Fsp3) is 0.400. The van der Waals surface area contributed by atoms with E-state index in [9.17, 15) is 9.59 Å². The molecule has 0 spiro atoms. The van der Waals surface area contributed by atoms with Crippen LogP contribution in [0.2, 0.25) is 0 Å². The van der Waals surface area contributed by atoms with Gasteiger partial charge in [0.2, 0.25) is 11.8 Å². The largest absolute Gasteiger partial charge is 0.358 e. The van der Waals surface area contributed by atoms with Crippen molar-refractivity contribution in [2.75, 3.05) is 29.9 Å². The number of hydrogen-bond donors (Lipinski definition) is 3. The molecule has 0 aliphatic carbocycles. The summed E-state index contributed by atoms with van der Waals surface area (Å²) >= 11 is 5.48. The summed E-state index contributed by atoms with van der Waals surface area (Å²) in [6.45, 7) is 2.07. The molecule has 3 N–H and O–H groups in total. The van der Waals surface area contributed by atoms with E-state index in [1.807, 2.05) is 53.4 Å². The van der Waals surface area contributed by atoms with Crippen molar-refractivity contribution >= 4 is 40.5 Å². The monoisotopic (exact) mass is 463 g/mol. The third-order valence-corrected chi connectivity index (χ3v) is 7.09. The first-order chi connectivity index (χ1) is 16.1. The van der Waals surface area contributed by atoms with E-state index in [1.165, 1.54) is 5.56 Å². The number of rotatable bonds is 5. The normalized spacial score (nSPS) is 24.1. The zero-order valence-corrected chi connectivity index (χ0v) is 19.3. The van der Waals surface area contributed by atoms with Crippen molar-refractivity contribution in [2.24, 2.45) is 0 Å². The molecule has 3 heterocycles. The second kappa shape index (κ2) is 9.49. The maximum absolute atomic E-state index is 13.0. The van der Waals surface area contributed by atoms with Crippen LogP contribution in [0, 0.1) is 0 Å². The molecule has 2 amide bonds. The Morgan fingerprint density at radius 2 is 1.91 bits per heavy atom. The van der Waals surface area contributed by atoms with Gasteiger partial charge in [0.25, 0.3) is 0 Å².